The molecule has 0 spiro atoms. The fraction of sp³-hybridized carbons (Fsp3) is 0.226. The lowest BCUT2D eigenvalue weighted by molar-refractivity contribution is -0.116. The van der Waals surface area contributed by atoms with Crippen LogP contribution in [0.4, 0.5) is 5.82 Å². The number of nitrogens with zero attached hydrogens (tertiary/aromatic N) is 2. The SMILES string of the molecule is COc1ccc([C@@H]2CC(=O)C3=C(C2)Nc2c(c(C)nn2-c2ccccc2)[C@H]3c2ccc(Cl)cc2)cc1OC. The number of para-hydroxylation sites is 1. The number of Topliss-reactive ketones (excluding diaryl/α,β-unsaturated/α-hetero) is 1. The van der Waals surface area contributed by atoms with E-state index in [-0.39, 0.29) is 17.6 Å². The zero-order valence-corrected chi connectivity index (χ0v) is 22.3. The molecule has 0 saturated carbocycles. The Bertz CT molecular complexity index is 1560. The fourth-order valence-corrected chi connectivity index (χ4v) is 5.89. The van der Waals surface area contributed by atoms with E-state index in [9.17, 15) is 4.79 Å². The van der Waals surface area contributed by atoms with Crippen LogP contribution >= 0.6 is 11.6 Å². The molecule has 192 valence electrons. The first-order valence-corrected chi connectivity index (χ1v) is 13.0. The van der Waals surface area contributed by atoms with Gasteiger partial charge in [0.1, 0.15) is 5.82 Å². The van der Waals surface area contributed by atoms with E-state index in [1.165, 1.54) is 0 Å². The maximum absolute atomic E-state index is 13.9. The molecule has 2 atom stereocenters. The molecule has 0 amide bonds. The standard InChI is InChI=1S/C31H28ClN3O3/c1-18-28-29(19-9-12-22(32)13-10-19)30-24(33-31(28)35(34-18)23-7-5-4-6-8-23)15-21(16-25(30)36)20-11-14-26(37-2)27(17-20)38-3/h4-14,17,21,29,33H,15-16H2,1-3H3/t21-,29+/m0/s1. The van der Waals surface area contributed by atoms with Crippen molar-refractivity contribution in [3.05, 3.63) is 111 Å². The van der Waals surface area contributed by atoms with E-state index in [0.717, 1.165) is 45.2 Å². The van der Waals surface area contributed by atoms with E-state index in [4.69, 9.17) is 26.2 Å². The van der Waals surface area contributed by atoms with Crippen LogP contribution in [0.2, 0.25) is 5.02 Å². The van der Waals surface area contributed by atoms with Crippen LogP contribution in [0.5, 0.6) is 11.5 Å². The largest absolute Gasteiger partial charge is 0.493 e. The van der Waals surface area contributed by atoms with Gasteiger partial charge in [-0.25, -0.2) is 4.68 Å². The van der Waals surface area contributed by atoms with Gasteiger partial charge in [0, 0.05) is 34.2 Å². The first-order chi connectivity index (χ1) is 18.5. The molecule has 0 fully saturated rings. The molecular formula is C31H28ClN3O3. The van der Waals surface area contributed by atoms with E-state index in [2.05, 4.69) is 5.32 Å². The highest BCUT2D eigenvalue weighted by molar-refractivity contribution is 6.30. The third-order valence-corrected chi connectivity index (χ3v) is 7.80. The van der Waals surface area contributed by atoms with Crippen molar-refractivity contribution in [1.29, 1.82) is 0 Å². The number of aryl methyl sites for hydroxylation is 1. The molecule has 2 aliphatic rings. The van der Waals surface area contributed by atoms with Crippen molar-refractivity contribution in [2.24, 2.45) is 0 Å². The Morgan fingerprint density at radius 3 is 2.34 bits per heavy atom. The van der Waals surface area contributed by atoms with Gasteiger partial charge >= 0.3 is 0 Å². The summed E-state index contributed by atoms with van der Waals surface area (Å²) in [5, 5.41) is 9.24. The van der Waals surface area contributed by atoms with Gasteiger partial charge < -0.3 is 14.8 Å². The van der Waals surface area contributed by atoms with Gasteiger partial charge in [0.15, 0.2) is 17.3 Å². The van der Waals surface area contributed by atoms with Crippen LogP contribution in [-0.2, 0) is 4.79 Å². The molecule has 3 aromatic carbocycles. The molecule has 1 aromatic heterocycles. The summed E-state index contributed by atoms with van der Waals surface area (Å²) in [6, 6.07) is 23.8. The summed E-state index contributed by atoms with van der Waals surface area (Å²) in [6.45, 7) is 2.01. The molecule has 0 unspecified atom stereocenters. The van der Waals surface area contributed by atoms with Gasteiger partial charge in [0.25, 0.3) is 0 Å². The number of rotatable bonds is 5. The average molecular weight is 526 g/mol. The van der Waals surface area contributed by atoms with Crippen molar-refractivity contribution in [1.82, 2.24) is 9.78 Å². The minimum atomic E-state index is -0.227. The van der Waals surface area contributed by atoms with Gasteiger partial charge in [-0.3, -0.25) is 4.79 Å². The minimum Gasteiger partial charge on any atom is -0.493 e. The molecular weight excluding hydrogens is 498 g/mol. The number of carbonyl (C=O) groups is 1. The number of carbonyl (C=O) groups excluding carboxylic acids is 1. The second-order valence-corrected chi connectivity index (χ2v) is 10.2. The van der Waals surface area contributed by atoms with Gasteiger partial charge in [0.05, 0.1) is 25.6 Å². The average Bonchev–Trinajstić information content (AvgIpc) is 3.28. The second kappa shape index (κ2) is 9.69. The molecule has 1 aliphatic carbocycles. The van der Waals surface area contributed by atoms with Gasteiger partial charge in [-0.15, -0.1) is 0 Å². The molecule has 6 nitrogen and oxygen atoms in total. The van der Waals surface area contributed by atoms with Crippen LogP contribution in [0, 0.1) is 6.92 Å². The summed E-state index contributed by atoms with van der Waals surface area (Å²) < 4.78 is 12.9. The van der Waals surface area contributed by atoms with Crippen LogP contribution in [0.15, 0.2) is 84.1 Å². The number of hydrogen-bond acceptors (Lipinski definition) is 5. The van der Waals surface area contributed by atoms with Crippen LogP contribution < -0.4 is 14.8 Å². The molecule has 0 radical (unpaired) electrons. The van der Waals surface area contributed by atoms with Crippen LogP contribution in [-0.4, -0.2) is 29.8 Å². The zero-order chi connectivity index (χ0) is 26.4. The van der Waals surface area contributed by atoms with E-state index in [1.54, 1.807) is 14.2 Å². The number of halogens is 1. The number of hydrogen-bond donors (Lipinski definition) is 1. The number of nitrogens with one attached hydrogen (secondary N) is 1. The lowest BCUT2D eigenvalue weighted by Crippen LogP contribution is -2.30. The molecule has 1 aliphatic heterocycles. The van der Waals surface area contributed by atoms with Gasteiger partial charge in [-0.2, -0.15) is 5.10 Å². The van der Waals surface area contributed by atoms with Crippen molar-refractivity contribution in [3.8, 4) is 17.2 Å². The van der Waals surface area contributed by atoms with Crippen molar-refractivity contribution in [3.63, 3.8) is 0 Å². The number of fused-ring (bicyclic) bond motifs is 1. The minimum absolute atomic E-state index is 0.00941. The predicted octanol–water partition coefficient (Wildman–Crippen LogP) is 6.81. The highest BCUT2D eigenvalue weighted by Crippen LogP contribution is 2.50. The van der Waals surface area contributed by atoms with E-state index in [0.29, 0.717) is 29.4 Å². The molecule has 7 heteroatoms. The molecule has 0 bridgehead atoms. The lowest BCUT2D eigenvalue weighted by atomic mass is 9.72. The van der Waals surface area contributed by atoms with Crippen molar-refractivity contribution in [2.45, 2.75) is 31.6 Å². The van der Waals surface area contributed by atoms with Crippen molar-refractivity contribution < 1.29 is 14.3 Å². The van der Waals surface area contributed by atoms with E-state index >= 15 is 0 Å². The van der Waals surface area contributed by atoms with Crippen LogP contribution in [0.3, 0.4) is 0 Å². The summed E-state index contributed by atoms with van der Waals surface area (Å²) in [5.41, 5.74) is 6.69. The van der Waals surface area contributed by atoms with Gasteiger partial charge in [-0.1, -0.05) is 48.0 Å². The Morgan fingerprint density at radius 1 is 0.921 bits per heavy atom. The first-order valence-electron chi connectivity index (χ1n) is 12.6. The molecule has 38 heavy (non-hydrogen) atoms. The summed E-state index contributed by atoms with van der Waals surface area (Å²) in [7, 11) is 3.25. The summed E-state index contributed by atoms with van der Waals surface area (Å²) in [5.74, 6) is 2.14. The Morgan fingerprint density at radius 2 is 1.63 bits per heavy atom. The first kappa shape index (κ1) is 24.3. The number of methoxy groups -OCH3 is 2. The number of aromatic nitrogens is 2. The molecule has 0 saturated heterocycles. The topological polar surface area (TPSA) is 65.4 Å². The zero-order valence-electron chi connectivity index (χ0n) is 21.5. The van der Waals surface area contributed by atoms with Crippen molar-refractivity contribution in [2.75, 3.05) is 19.5 Å². The summed E-state index contributed by atoms with van der Waals surface area (Å²) in [6.07, 6.45) is 1.11. The van der Waals surface area contributed by atoms with Crippen LogP contribution in [0.1, 0.15) is 47.1 Å². The smallest absolute Gasteiger partial charge is 0.162 e. The summed E-state index contributed by atoms with van der Waals surface area (Å²) >= 11 is 6.24. The molecule has 4 aromatic rings. The van der Waals surface area contributed by atoms with E-state index in [1.807, 2.05) is 84.4 Å². The second-order valence-electron chi connectivity index (χ2n) is 9.74. The molecule has 6 rings (SSSR count). The van der Waals surface area contributed by atoms with E-state index < -0.39 is 0 Å². The third kappa shape index (κ3) is 4.05. The highest BCUT2D eigenvalue weighted by atomic mass is 35.5. The maximum Gasteiger partial charge on any atom is 0.162 e. The number of allylic oxidation sites excluding steroid dienone is 2. The normalized spacial score (nSPS) is 18.5. The monoisotopic (exact) mass is 525 g/mol. The van der Waals surface area contributed by atoms with Crippen LogP contribution in [0.25, 0.3) is 5.69 Å². The molecule has 2 heterocycles. The Kier molecular flexibility index (Phi) is 6.20. The third-order valence-electron chi connectivity index (χ3n) is 7.54. The predicted molar refractivity (Wildman–Crippen MR) is 149 cm³/mol. The van der Waals surface area contributed by atoms with Gasteiger partial charge in [0.2, 0.25) is 0 Å². The highest BCUT2D eigenvalue weighted by Gasteiger charge is 2.41. The number of ether oxygens (including phenoxy) is 2. The lowest BCUT2D eigenvalue weighted by Gasteiger charge is -2.36. The van der Waals surface area contributed by atoms with Crippen molar-refractivity contribution >= 4 is 23.2 Å². The summed E-state index contributed by atoms with van der Waals surface area (Å²) in [4.78, 5) is 13.9. The number of benzene rings is 3. The number of anilines is 1. The fourth-order valence-electron chi connectivity index (χ4n) is 5.76. The maximum atomic E-state index is 13.9. The molecule has 1 N–H and O–H groups in total. The Labute approximate surface area is 226 Å². The van der Waals surface area contributed by atoms with Gasteiger partial charge in [-0.05, 0) is 66.8 Å². The Balaban J connectivity index is 1.49. The quantitative estimate of drug-likeness (QED) is 0.310. The number of ketones is 1. The Hall–Kier alpha value is -4.03.